The highest BCUT2D eigenvalue weighted by molar-refractivity contribution is 5.23. The van der Waals surface area contributed by atoms with Gasteiger partial charge in [0.25, 0.3) is 0 Å². The van der Waals surface area contributed by atoms with E-state index in [9.17, 15) is 10.2 Å². The molecule has 0 saturated heterocycles. The molecule has 2 atom stereocenters. The molecule has 3 rings (SSSR count). The highest BCUT2D eigenvalue weighted by Gasteiger charge is 2.14. The Bertz CT molecular complexity index is 771. The molecule has 2 N–H and O–H groups in total. The fourth-order valence-electron chi connectivity index (χ4n) is 2.47. The zero-order valence-corrected chi connectivity index (χ0v) is 13.4. The summed E-state index contributed by atoms with van der Waals surface area (Å²) < 4.78 is 1.59. The van der Waals surface area contributed by atoms with E-state index in [0.29, 0.717) is 24.4 Å². The lowest BCUT2D eigenvalue weighted by Gasteiger charge is -2.10. The second-order valence-electron chi connectivity index (χ2n) is 5.83. The fraction of sp³-hybridized carbons (Fsp3) is 0.278. The minimum atomic E-state index is -0.724. The van der Waals surface area contributed by atoms with Crippen LogP contribution in [0.2, 0.25) is 0 Å². The van der Waals surface area contributed by atoms with Crippen molar-refractivity contribution in [3.8, 4) is 0 Å². The third kappa shape index (κ3) is 4.04. The second kappa shape index (κ2) is 7.33. The van der Waals surface area contributed by atoms with Crippen LogP contribution in [-0.2, 0) is 13.0 Å². The first-order valence-corrected chi connectivity index (χ1v) is 7.84. The maximum atomic E-state index is 10.3. The van der Waals surface area contributed by atoms with Crippen molar-refractivity contribution in [1.82, 2.24) is 20.0 Å². The Hall–Kier alpha value is -2.57. The summed E-state index contributed by atoms with van der Waals surface area (Å²) in [7, 11) is 0. The maximum absolute atomic E-state index is 10.3. The Morgan fingerprint density at radius 3 is 2.54 bits per heavy atom. The van der Waals surface area contributed by atoms with Crippen LogP contribution in [-0.4, -0.2) is 30.2 Å². The molecule has 124 valence electrons. The number of aromatic nitrogens is 4. The number of hydrogen-bond donors (Lipinski definition) is 2. The third-order valence-corrected chi connectivity index (χ3v) is 3.84. The van der Waals surface area contributed by atoms with Crippen molar-refractivity contribution in [3.05, 3.63) is 77.4 Å². The second-order valence-corrected chi connectivity index (χ2v) is 5.83. The van der Waals surface area contributed by atoms with E-state index in [1.54, 1.807) is 29.2 Å². The van der Waals surface area contributed by atoms with Crippen molar-refractivity contribution in [2.45, 2.75) is 32.1 Å². The van der Waals surface area contributed by atoms with Gasteiger partial charge < -0.3 is 10.2 Å². The Balaban J connectivity index is 1.62. The number of pyridine rings is 1. The van der Waals surface area contributed by atoms with Crippen LogP contribution in [0.15, 0.2) is 54.9 Å². The molecule has 1 aromatic carbocycles. The topological polar surface area (TPSA) is 84.1 Å². The zero-order valence-electron chi connectivity index (χ0n) is 13.4. The van der Waals surface area contributed by atoms with Crippen LogP contribution in [0.3, 0.4) is 0 Å². The SMILES string of the molecule is Cc1ccc([C@H](O)Cn2cc(CC(O)c3ccccn3)nn2)cc1. The first kappa shape index (κ1) is 16.3. The van der Waals surface area contributed by atoms with Gasteiger partial charge >= 0.3 is 0 Å². The molecule has 2 aromatic heterocycles. The average molecular weight is 324 g/mol. The highest BCUT2D eigenvalue weighted by Crippen LogP contribution is 2.17. The maximum Gasteiger partial charge on any atom is 0.102 e. The molecule has 0 amide bonds. The lowest BCUT2D eigenvalue weighted by atomic mass is 10.1. The first-order chi connectivity index (χ1) is 11.6. The van der Waals surface area contributed by atoms with Crippen LogP contribution in [0, 0.1) is 6.92 Å². The zero-order chi connectivity index (χ0) is 16.9. The van der Waals surface area contributed by atoms with Gasteiger partial charge in [-0.2, -0.15) is 0 Å². The molecule has 0 radical (unpaired) electrons. The van der Waals surface area contributed by atoms with Crippen molar-refractivity contribution < 1.29 is 10.2 Å². The minimum absolute atomic E-state index is 0.315. The predicted octanol–water partition coefficient (Wildman–Crippen LogP) is 1.99. The van der Waals surface area contributed by atoms with Crippen molar-refractivity contribution in [2.24, 2.45) is 0 Å². The number of aryl methyl sites for hydroxylation is 1. The number of rotatable bonds is 6. The average Bonchev–Trinajstić information content (AvgIpc) is 3.03. The highest BCUT2D eigenvalue weighted by atomic mass is 16.3. The number of nitrogens with zero attached hydrogens (tertiary/aromatic N) is 4. The minimum Gasteiger partial charge on any atom is -0.386 e. The number of aliphatic hydroxyl groups is 2. The third-order valence-electron chi connectivity index (χ3n) is 3.84. The molecule has 1 unspecified atom stereocenters. The lowest BCUT2D eigenvalue weighted by Crippen LogP contribution is -2.09. The molecule has 0 spiro atoms. The van der Waals surface area contributed by atoms with Crippen LogP contribution in [0.4, 0.5) is 0 Å². The standard InChI is InChI=1S/C18H20N4O2/c1-13-5-7-14(8-6-13)18(24)12-22-11-15(20-21-22)10-17(23)16-4-2-3-9-19-16/h2-9,11,17-18,23-24H,10,12H2,1H3/t17?,18-/m1/s1. The Labute approximate surface area is 140 Å². The summed E-state index contributed by atoms with van der Waals surface area (Å²) in [6.45, 7) is 2.32. The number of hydrogen-bond acceptors (Lipinski definition) is 5. The van der Waals surface area contributed by atoms with Crippen molar-refractivity contribution in [1.29, 1.82) is 0 Å². The molecule has 6 heteroatoms. The summed E-state index contributed by atoms with van der Waals surface area (Å²) in [6, 6.07) is 13.2. The molecule has 0 aliphatic rings. The van der Waals surface area contributed by atoms with Crippen molar-refractivity contribution >= 4 is 0 Å². The summed E-state index contributed by atoms with van der Waals surface area (Å²) in [5, 5.41) is 28.5. The predicted molar refractivity (Wildman–Crippen MR) is 89.1 cm³/mol. The van der Waals surface area contributed by atoms with Crippen LogP contribution in [0.5, 0.6) is 0 Å². The van der Waals surface area contributed by atoms with E-state index in [4.69, 9.17) is 0 Å². The normalized spacial score (nSPS) is 13.6. The molecule has 6 nitrogen and oxygen atoms in total. The molecular formula is C18H20N4O2. The monoisotopic (exact) mass is 324 g/mol. The lowest BCUT2D eigenvalue weighted by molar-refractivity contribution is 0.150. The molecule has 3 aromatic rings. The van der Waals surface area contributed by atoms with Gasteiger partial charge in [0.2, 0.25) is 0 Å². The van der Waals surface area contributed by atoms with Gasteiger partial charge in [0.1, 0.15) is 6.10 Å². The van der Waals surface area contributed by atoms with E-state index in [0.717, 1.165) is 11.1 Å². The van der Waals surface area contributed by atoms with E-state index in [2.05, 4.69) is 15.3 Å². The van der Waals surface area contributed by atoms with E-state index >= 15 is 0 Å². The summed E-state index contributed by atoms with van der Waals surface area (Å²) >= 11 is 0. The van der Waals surface area contributed by atoms with E-state index < -0.39 is 12.2 Å². The van der Waals surface area contributed by atoms with E-state index in [-0.39, 0.29) is 0 Å². The summed E-state index contributed by atoms with van der Waals surface area (Å²) in [4.78, 5) is 4.13. The molecule has 0 saturated carbocycles. The van der Waals surface area contributed by atoms with Crippen LogP contribution in [0.1, 0.15) is 34.7 Å². The number of benzene rings is 1. The van der Waals surface area contributed by atoms with Gasteiger partial charge in [-0.1, -0.05) is 41.1 Å². The van der Waals surface area contributed by atoms with Crippen LogP contribution in [0.25, 0.3) is 0 Å². The van der Waals surface area contributed by atoms with Crippen LogP contribution < -0.4 is 0 Å². The molecular weight excluding hydrogens is 304 g/mol. The summed E-state index contributed by atoms with van der Waals surface area (Å²) in [6.07, 6.45) is 2.34. The van der Waals surface area contributed by atoms with Gasteiger partial charge in [-0.05, 0) is 24.6 Å². The largest absolute Gasteiger partial charge is 0.386 e. The Morgan fingerprint density at radius 2 is 1.83 bits per heavy atom. The fourth-order valence-corrected chi connectivity index (χ4v) is 2.47. The van der Waals surface area contributed by atoms with Crippen molar-refractivity contribution in [2.75, 3.05) is 0 Å². The Morgan fingerprint density at radius 1 is 1.04 bits per heavy atom. The molecule has 0 aliphatic carbocycles. The van der Waals surface area contributed by atoms with Gasteiger partial charge in [-0.25, -0.2) is 4.68 Å². The van der Waals surface area contributed by atoms with Gasteiger partial charge in [0.15, 0.2) is 0 Å². The molecule has 2 heterocycles. The molecule has 0 fully saturated rings. The van der Waals surface area contributed by atoms with Crippen molar-refractivity contribution in [3.63, 3.8) is 0 Å². The molecule has 24 heavy (non-hydrogen) atoms. The number of aliphatic hydroxyl groups excluding tert-OH is 2. The van der Waals surface area contributed by atoms with Gasteiger partial charge in [0.05, 0.1) is 24.0 Å². The van der Waals surface area contributed by atoms with Gasteiger partial charge in [0, 0.05) is 18.8 Å². The molecule has 0 aliphatic heterocycles. The smallest absolute Gasteiger partial charge is 0.102 e. The Kier molecular flexibility index (Phi) is 4.98. The van der Waals surface area contributed by atoms with Gasteiger partial charge in [-0.15, -0.1) is 5.10 Å². The van der Waals surface area contributed by atoms with E-state index in [1.165, 1.54) is 0 Å². The summed E-state index contributed by atoms with van der Waals surface area (Å²) in [5.41, 5.74) is 3.25. The first-order valence-electron chi connectivity index (χ1n) is 7.84. The van der Waals surface area contributed by atoms with E-state index in [1.807, 2.05) is 37.3 Å². The van der Waals surface area contributed by atoms with Gasteiger partial charge in [-0.3, -0.25) is 4.98 Å². The molecule has 0 bridgehead atoms. The quantitative estimate of drug-likeness (QED) is 0.724. The van der Waals surface area contributed by atoms with Crippen LogP contribution >= 0.6 is 0 Å². The summed E-state index contributed by atoms with van der Waals surface area (Å²) in [5.74, 6) is 0.